The highest BCUT2D eigenvalue weighted by atomic mass is 127. The number of rotatable bonds is 7. The third-order valence-corrected chi connectivity index (χ3v) is 5.16. The van der Waals surface area contributed by atoms with Crippen LogP contribution in [0.1, 0.15) is 46.0 Å². The molecule has 2 rings (SSSR count). The van der Waals surface area contributed by atoms with Crippen molar-refractivity contribution < 1.29 is 0 Å². The number of nitrogens with one attached hydrogen (secondary N) is 2. The topological polar surface area (TPSA) is 42.9 Å². The molecule has 5 nitrogen and oxygen atoms in total. The van der Waals surface area contributed by atoms with Gasteiger partial charge in [0.1, 0.15) is 0 Å². The van der Waals surface area contributed by atoms with Gasteiger partial charge in [0.2, 0.25) is 0 Å². The molecule has 2 fully saturated rings. The number of piperidine rings is 1. The van der Waals surface area contributed by atoms with Crippen LogP contribution in [0, 0.1) is 5.92 Å². The Morgan fingerprint density at radius 3 is 2.25 bits per heavy atom. The lowest BCUT2D eigenvalue weighted by atomic mass is 10.1. The Bertz CT molecular complexity index is 355. The standard InChI is InChI=1S/C18H37N5.HI/c1-4-9-22-12-7-17(8-13-22)21-18(19-3)20-14-16-6-11-23(15-16)10-5-2;/h16-17H,4-15H2,1-3H3,(H2,19,20,21);1H. The van der Waals surface area contributed by atoms with Crippen LogP contribution in [0.2, 0.25) is 0 Å². The normalized spacial score (nSPS) is 24.0. The summed E-state index contributed by atoms with van der Waals surface area (Å²) in [5.41, 5.74) is 0. The summed E-state index contributed by atoms with van der Waals surface area (Å²) in [6.07, 6.45) is 6.31. The second-order valence-electron chi connectivity index (χ2n) is 7.17. The first-order valence-electron chi connectivity index (χ1n) is 9.67. The van der Waals surface area contributed by atoms with Gasteiger partial charge in [0.05, 0.1) is 0 Å². The molecule has 0 saturated carbocycles. The molecule has 0 bridgehead atoms. The van der Waals surface area contributed by atoms with Crippen molar-refractivity contribution in [2.45, 2.75) is 52.0 Å². The minimum Gasteiger partial charge on any atom is -0.356 e. The second-order valence-corrected chi connectivity index (χ2v) is 7.17. The first-order chi connectivity index (χ1) is 11.2. The number of aliphatic imine (C=N–C) groups is 1. The van der Waals surface area contributed by atoms with E-state index in [0.29, 0.717) is 6.04 Å². The van der Waals surface area contributed by atoms with Crippen molar-refractivity contribution in [3.63, 3.8) is 0 Å². The summed E-state index contributed by atoms with van der Waals surface area (Å²) in [7, 11) is 1.89. The molecule has 0 aliphatic carbocycles. The van der Waals surface area contributed by atoms with Crippen LogP contribution >= 0.6 is 24.0 Å². The van der Waals surface area contributed by atoms with Crippen LogP contribution < -0.4 is 10.6 Å². The molecule has 2 saturated heterocycles. The van der Waals surface area contributed by atoms with Crippen molar-refractivity contribution in [2.75, 3.05) is 52.9 Å². The molecule has 0 aromatic rings. The summed E-state index contributed by atoms with van der Waals surface area (Å²) in [6, 6.07) is 0.578. The summed E-state index contributed by atoms with van der Waals surface area (Å²) in [6.45, 7) is 13.0. The zero-order valence-electron chi connectivity index (χ0n) is 15.9. The van der Waals surface area contributed by atoms with Crippen LogP contribution in [0.3, 0.4) is 0 Å². The molecule has 1 unspecified atom stereocenters. The highest BCUT2D eigenvalue weighted by Gasteiger charge is 2.23. The number of likely N-dealkylation sites (tertiary alicyclic amines) is 2. The van der Waals surface area contributed by atoms with E-state index >= 15 is 0 Å². The molecule has 0 radical (unpaired) electrons. The van der Waals surface area contributed by atoms with Gasteiger partial charge in [-0.15, -0.1) is 24.0 Å². The van der Waals surface area contributed by atoms with Crippen LogP contribution in [0.4, 0.5) is 0 Å². The van der Waals surface area contributed by atoms with Crippen molar-refractivity contribution in [3.05, 3.63) is 0 Å². The third kappa shape index (κ3) is 7.44. The molecule has 0 amide bonds. The van der Waals surface area contributed by atoms with Crippen LogP contribution in [0.5, 0.6) is 0 Å². The van der Waals surface area contributed by atoms with E-state index in [1.807, 2.05) is 7.05 Å². The molecule has 0 spiro atoms. The average molecular weight is 451 g/mol. The SMILES string of the molecule is CCCN1CCC(NC(=NC)NCC2CCN(CCC)C2)CC1.I. The largest absolute Gasteiger partial charge is 0.356 e. The van der Waals surface area contributed by atoms with Gasteiger partial charge in [-0.1, -0.05) is 13.8 Å². The highest BCUT2D eigenvalue weighted by Crippen LogP contribution is 2.15. The number of halogens is 1. The van der Waals surface area contributed by atoms with Crippen molar-refractivity contribution in [1.82, 2.24) is 20.4 Å². The van der Waals surface area contributed by atoms with E-state index in [2.05, 4.69) is 39.3 Å². The van der Waals surface area contributed by atoms with Gasteiger partial charge in [-0.3, -0.25) is 4.99 Å². The Balaban J connectivity index is 0.00000288. The monoisotopic (exact) mass is 451 g/mol. The fourth-order valence-corrected chi connectivity index (χ4v) is 3.84. The fraction of sp³-hybridized carbons (Fsp3) is 0.944. The first-order valence-corrected chi connectivity index (χ1v) is 9.67. The van der Waals surface area contributed by atoms with Crippen LogP contribution in [0.25, 0.3) is 0 Å². The summed E-state index contributed by atoms with van der Waals surface area (Å²) in [4.78, 5) is 9.59. The summed E-state index contributed by atoms with van der Waals surface area (Å²) < 4.78 is 0. The minimum atomic E-state index is 0. The number of hydrogen-bond donors (Lipinski definition) is 2. The van der Waals surface area contributed by atoms with Crippen LogP contribution in [-0.2, 0) is 0 Å². The van der Waals surface area contributed by atoms with E-state index in [4.69, 9.17) is 0 Å². The Kier molecular flexibility index (Phi) is 11.3. The van der Waals surface area contributed by atoms with Crippen molar-refractivity contribution in [3.8, 4) is 0 Å². The molecular weight excluding hydrogens is 413 g/mol. The quantitative estimate of drug-likeness (QED) is 0.355. The molecule has 2 aliphatic heterocycles. The predicted molar refractivity (Wildman–Crippen MR) is 115 cm³/mol. The number of hydrogen-bond acceptors (Lipinski definition) is 3. The first kappa shape index (κ1) is 22.0. The van der Waals surface area contributed by atoms with E-state index < -0.39 is 0 Å². The van der Waals surface area contributed by atoms with E-state index in [9.17, 15) is 0 Å². The predicted octanol–water partition coefficient (Wildman–Crippen LogP) is 2.38. The molecule has 0 aromatic carbocycles. The molecule has 24 heavy (non-hydrogen) atoms. The highest BCUT2D eigenvalue weighted by molar-refractivity contribution is 14.0. The van der Waals surface area contributed by atoms with Crippen LogP contribution in [0.15, 0.2) is 4.99 Å². The zero-order chi connectivity index (χ0) is 16.5. The molecular formula is C18H38IN5. The Hall–Kier alpha value is -0.0800. The lowest BCUT2D eigenvalue weighted by Gasteiger charge is -2.33. The lowest BCUT2D eigenvalue weighted by Crippen LogP contribution is -2.49. The van der Waals surface area contributed by atoms with Crippen molar-refractivity contribution in [1.29, 1.82) is 0 Å². The van der Waals surface area contributed by atoms with Gasteiger partial charge in [-0.25, -0.2) is 0 Å². The maximum Gasteiger partial charge on any atom is 0.191 e. The molecule has 142 valence electrons. The maximum absolute atomic E-state index is 4.42. The van der Waals surface area contributed by atoms with E-state index in [1.165, 1.54) is 71.4 Å². The molecule has 2 N–H and O–H groups in total. The summed E-state index contributed by atoms with van der Waals surface area (Å²) in [5, 5.41) is 7.18. The van der Waals surface area contributed by atoms with Gasteiger partial charge in [0, 0.05) is 39.3 Å². The smallest absolute Gasteiger partial charge is 0.191 e. The zero-order valence-corrected chi connectivity index (χ0v) is 18.2. The van der Waals surface area contributed by atoms with Gasteiger partial charge in [-0.05, 0) is 57.7 Å². The molecule has 1 atom stereocenters. The number of guanidine groups is 1. The third-order valence-electron chi connectivity index (χ3n) is 5.16. The van der Waals surface area contributed by atoms with Gasteiger partial charge in [0.15, 0.2) is 5.96 Å². The van der Waals surface area contributed by atoms with E-state index in [1.54, 1.807) is 0 Å². The lowest BCUT2D eigenvalue weighted by molar-refractivity contribution is 0.206. The van der Waals surface area contributed by atoms with Gasteiger partial charge in [-0.2, -0.15) is 0 Å². The Morgan fingerprint density at radius 2 is 1.62 bits per heavy atom. The molecule has 0 aromatic heterocycles. The number of nitrogens with zero attached hydrogens (tertiary/aromatic N) is 3. The molecule has 2 heterocycles. The van der Waals surface area contributed by atoms with Gasteiger partial charge >= 0.3 is 0 Å². The van der Waals surface area contributed by atoms with Gasteiger partial charge < -0.3 is 20.4 Å². The van der Waals surface area contributed by atoms with Crippen LogP contribution in [-0.4, -0.2) is 74.7 Å². The van der Waals surface area contributed by atoms with Gasteiger partial charge in [0.25, 0.3) is 0 Å². The average Bonchev–Trinajstić information content (AvgIpc) is 3.01. The van der Waals surface area contributed by atoms with E-state index in [0.717, 1.165) is 18.4 Å². The fourth-order valence-electron chi connectivity index (χ4n) is 3.84. The molecule has 2 aliphatic rings. The van der Waals surface area contributed by atoms with Crippen molar-refractivity contribution in [2.24, 2.45) is 10.9 Å². The minimum absolute atomic E-state index is 0. The summed E-state index contributed by atoms with van der Waals surface area (Å²) in [5.74, 6) is 1.76. The maximum atomic E-state index is 4.42. The summed E-state index contributed by atoms with van der Waals surface area (Å²) >= 11 is 0. The Morgan fingerprint density at radius 1 is 1.00 bits per heavy atom. The van der Waals surface area contributed by atoms with E-state index in [-0.39, 0.29) is 24.0 Å². The van der Waals surface area contributed by atoms with Crippen molar-refractivity contribution >= 4 is 29.9 Å². The molecule has 6 heteroatoms. The Labute approximate surface area is 166 Å². The second kappa shape index (κ2) is 12.3.